The van der Waals surface area contributed by atoms with Crippen molar-refractivity contribution in [2.45, 2.75) is 13.8 Å². The fourth-order valence-corrected chi connectivity index (χ4v) is 3.12. The summed E-state index contributed by atoms with van der Waals surface area (Å²) in [7, 11) is 0. The Labute approximate surface area is 127 Å². The van der Waals surface area contributed by atoms with Gasteiger partial charge in [-0.25, -0.2) is 0 Å². The number of hydrogen-bond donors (Lipinski definition) is 2. The summed E-state index contributed by atoms with van der Waals surface area (Å²) in [6.07, 6.45) is 0. The van der Waals surface area contributed by atoms with E-state index in [2.05, 4.69) is 12.2 Å². The van der Waals surface area contributed by atoms with E-state index < -0.39 is 0 Å². The maximum Gasteiger partial charge on any atom is 0.265 e. The number of rotatable bonds is 2. The molecule has 3 N–H and O–H groups in total. The molecular formula is C17H16N2OS. The third-order valence-corrected chi connectivity index (χ3v) is 4.64. The maximum absolute atomic E-state index is 12.3. The summed E-state index contributed by atoms with van der Waals surface area (Å²) in [5.74, 6) is -0.0852. The summed E-state index contributed by atoms with van der Waals surface area (Å²) >= 11 is 1.47. The Hall–Kier alpha value is -2.33. The fraction of sp³-hybridized carbons (Fsp3) is 0.118. The molecule has 106 valence electrons. The highest BCUT2D eigenvalue weighted by Crippen LogP contribution is 2.28. The Balaban J connectivity index is 1.87. The summed E-state index contributed by atoms with van der Waals surface area (Å²) in [5.41, 5.74) is 9.67. The van der Waals surface area contributed by atoms with Gasteiger partial charge in [0, 0.05) is 16.1 Å². The standard InChI is InChI=1S/C17H16N2OS/c1-10-3-5-14(7-11(10)2)19-17(20)16-9-12-8-13(18)4-6-15(12)21-16/h3-9H,18H2,1-2H3,(H,19,20). The zero-order valence-electron chi connectivity index (χ0n) is 11.9. The lowest BCUT2D eigenvalue weighted by atomic mass is 10.1. The first-order valence-corrected chi connectivity index (χ1v) is 7.52. The highest BCUT2D eigenvalue weighted by Gasteiger charge is 2.11. The summed E-state index contributed by atoms with van der Waals surface area (Å²) in [6.45, 7) is 4.09. The number of aryl methyl sites for hydroxylation is 2. The van der Waals surface area contributed by atoms with Crippen LogP contribution in [0.3, 0.4) is 0 Å². The minimum absolute atomic E-state index is 0.0852. The lowest BCUT2D eigenvalue weighted by molar-refractivity contribution is 0.103. The number of hydrogen-bond acceptors (Lipinski definition) is 3. The van der Waals surface area contributed by atoms with Crippen molar-refractivity contribution in [1.82, 2.24) is 0 Å². The van der Waals surface area contributed by atoms with E-state index in [9.17, 15) is 4.79 Å². The summed E-state index contributed by atoms with van der Waals surface area (Å²) in [6, 6.07) is 13.5. The van der Waals surface area contributed by atoms with Crippen molar-refractivity contribution in [3.63, 3.8) is 0 Å². The van der Waals surface area contributed by atoms with Crippen molar-refractivity contribution >= 4 is 38.7 Å². The zero-order valence-corrected chi connectivity index (χ0v) is 12.8. The van der Waals surface area contributed by atoms with Crippen LogP contribution >= 0.6 is 11.3 Å². The Bertz CT molecular complexity index is 836. The molecule has 1 heterocycles. The van der Waals surface area contributed by atoms with E-state index in [4.69, 9.17) is 5.73 Å². The number of fused-ring (bicyclic) bond motifs is 1. The molecule has 2 aromatic carbocycles. The van der Waals surface area contributed by atoms with Crippen molar-refractivity contribution < 1.29 is 4.79 Å². The van der Waals surface area contributed by atoms with Crippen LogP contribution in [-0.4, -0.2) is 5.91 Å². The number of carbonyl (C=O) groups is 1. The third kappa shape index (κ3) is 2.76. The first-order chi connectivity index (χ1) is 10.0. The average Bonchev–Trinajstić information content (AvgIpc) is 2.86. The van der Waals surface area contributed by atoms with Crippen LogP contribution in [0, 0.1) is 13.8 Å². The van der Waals surface area contributed by atoms with Gasteiger partial charge in [-0.2, -0.15) is 0 Å². The molecule has 0 saturated carbocycles. The third-order valence-electron chi connectivity index (χ3n) is 3.53. The molecule has 1 aromatic heterocycles. The number of anilines is 2. The average molecular weight is 296 g/mol. The van der Waals surface area contributed by atoms with Crippen LogP contribution in [0.5, 0.6) is 0 Å². The van der Waals surface area contributed by atoms with Crippen molar-refractivity contribution in [2.24, 2.45) is 0 Å². The second-order valence-electron chi connectivity index (χ2n) is 5.16. The zero-order chi connectivity index (χ0) is 15.0. The number of nitrogens with two attached hydrogens (primary N) is 1. The van der Waals surface area contributed by atoms with Crippen molar-refractivity contribution in [2.75, 3.05) is 11.1 Å². The predicted molar refractivity (Wildman–Crippen MR) is 90.1 cm³/mol. The van der Waals surface area contributed by atoms with Gasteiger partial charge < -0.3 is 11.1 Å². The van der Waals surface area contributed by atoms with Gasteiger partial charge in [0.2, 0.25) is 0 Å². The molecule has 0 fully saturated rings. The highest BCUT2D eigenvalue weighted by molar-refractivity contribution is 7.20. The second kappa shape index (κ2) is 5.22. The summed E-state index contributed by atoms with van der Waals surface area (Å²) < 4.78 is 1.06. The molecular weight excluding hydrogens is 280 g/mol. The van der Waals surface area contributed by atoms with E-state index in [1.54, 1.807) is 0 Å². The van der Waals surface area contributed by atoms with Crippen LogP contribution in [-0.2, 0) is 0 Å². The number of nitrogen functional groups attached to an aromatic ring is 1. The molecule has 1 amide bonds. The summed E-state index contributed by atoms with van der Waals surface area (Å²) in [4.78, 5) is 13.0. The van der Waals surface area contributed by atoms with E-state index in [1.807, 2.05) is 49.4 Å². The van der Waals surface area contributed by atoms with Gasteiger partial charge in [0.05, 0.1) is 4.88 Å². The quantitative estimate of drug-likeness (QED) is 0.691. The molecule has 3 aromatic rings. The molecule has 21 heavy (non-hydrogen) atoms. The molecule has 0 radical (unpaired) electrons. The SMILES string of the molecule is Cc1ccc(NC(=O)c2cc3cc(N)ccc3s2)cc1C. The molecule has 0 saturated heterocycles. The summed E-state index contributed by atoms with van der Waals surface area (Å²) in [5, 5.41) is 3.95. The normalized spacial score (nSPS) is 10.8. The van der Waals surface area contributed by atoms with Gasteiger partial charge in [0.25, 0.3) is 5.91 Å². The molecule has 0 bridgehead atoms. The largest absolute Gasteiger partial charge is 0.399 e. The fourth-order valence-electron chi connectivity index (χ4n) is 2.19. The van der Waals surface area contributed by atoms with Gasteiger partial charge in [0.1, 0.15) is 0 Å². The number of thiophene rings is 1. The van der Waals surface area contributed by atoms with Crippen molar-refractivity contribution in [1.29, 1.82) is 0 Å². The molecule has 0 atom stereocenters. The molecule has 0 aliphatic rings. The van der Waals surface area contributed by atoms with Crippen LogP contribution in [0.25, 0.3) is 10.1 Å². The van der Waals surface area contributed by atoms with Crippen molar-refractivity contribution in [3.8, 4) is 0 Å². The first kappa shape index (κ1) is 13.6. The van der Waals surface area contributed by atoms with E-state index in [0.717, 1.165) is 21.3 Å². The minimum atomic E-state index is -0.0852. The van der Waals surface area contributed by atoms with E-state index in [-0.39, 0.29) is 5.91 Å². The Morgan fingerprint density at radius 1 is 1.05 bits per heavy atom. The van der Waals surface area contributed by atoms with Crippen molar-refractivity contribution in [3.05, 3.63) is 58.5 Å². The van der Waals surface area contributed by atoms with Crippen LogP contribution in [0.15, 0.2) is 42.5 Å². The number of nitrogens with one attached hydrogen (secondary N) is 1. The minimum Gasteiger partial charge on any atom is -0.399 e. The molecule has 4 heteroatoms. The van der Waals surface area contributed by atoms with Gasteiger partial charge in [-0.15, -0.1) is 11.3 Å². The lowest BCUT2D eigenvalue weighted by Crippen LogP contribution is -2.10. The van der Waals surface area contributed by atoms with Gasteiger partial charge in [-0.1, -0.05) is 6.07 Å². The molecule has 0 unspecified atom stereocenters. The van der Waals surface area contributed by atoms with E-state index in [0.29, 0.717) is 10.6 Å². The van der Waals surface area contributed by atoms with Gasteiger partial charge in [-0.3, -0.25) is 4.79 Å². The number of carbonyl (C=O) groups excluding carboxylic acids is 1. The van der Waals surface area contributed by atoms with Crippen LogP contribution in [0.1, 0.15) is 20.8 Å². The van der Waals surface area contributed by atoms with Crippen LogP contribution < -0.4 is 11.1 Å². The van der Waals surface area contributed by atoms with Gasteiger partial charge in [-0.05, 0) is 66.8 Å². The monoisotopic (exact) mass is 296 g/mol. The van der Waals surface area contributed by atoms with E-state index >= 15 is 0 Å². The molecule has 0 aliphatic heterocycles. The number of amides is 1. The van der Waals surface area contributed by atoms with Gasteiger partial charge >= 0.3 is 0 Å². The van der Waals surface area contributed by atoms with E-state index in [1.165, 1.54) is 16.9 Å². The topological polar surface area (TPSA) is 55.1 Å². The highest BCUT2D eigenvalue weighted by atomic mass is 32.1. The number of benzene rings is 2. The Morgan fingerprint density at radius 2 is 1.86 bits per heavy atom. The van der Waals surface area contributed by atoms with Crippen LogP contribution in [0.4, 0.5) is 11.4 Å². The molecule has 0 aliphatic carbocycles. The maximum atomic E-state index is 12.3. The predicted octanol–water partition coefficient (Wildman–Crippen LogP) is 4.35. The first-order valence-electron chi connectivity index (χ1n) is 6.70. The smallest absolute Gasteiger partial charge is 0.265 e. The Morgan fingerprint density at radius 3 is 2.62 bits per heavy atom. The molecule has 3 nitrogen and oxygen atoms in total. The second-order valence-corrected chi connectivity index (χ2v) is 6.24. The van der Waals surface area contributed by atoms with Crippen LogP contribution in [0.2, 0.25) is 0 Å². The Kier molecular flexibility index (Phi) is 3.39. The molecule has 3 rings (SSSR count). The van der Waals surface area contributed by atoms with Gasteiger partial charge in [0.15, 0.2) is 0 Å². The lowest BCUT2D eigenvalue weighted by Gasteiger charge is -2.06. The molecule has 0 spiro atoms.